The van der Waals surface area contributed by atoms with Crippen LogP contribution in [-0.2, 0) is 5.41 Å². The normalized spacial score (nSPS) is 10.0. The number of amides is 1. The fourth-order valence-electron chi connectivity index (χ4n) is 1.70. The average molecular weight is 360 g/mol. The van der Waals surface area contributed by atoms with Crippen molar-refractivity contribution in [1.29, 1.82) is 0 Å². The van der Waals surface area contributed by atoms with Gasteiger partial charge in [0.25, 0.3) is 5.91 Å². The monoisotopic (exact) mass is 360 g/mol. The predicted octanol–water partition coefficient (Wildman–Crippen LogP) is 0.910. The summed E-state index contributed by atoms with van der Waals surface area (Å²) in [6, 6.07) is 16.9. The minimum Gasteiger partial charge on any atom is -0.470 e. The van der Waals surface area contributed by atoms with Crippen LogP contribution in [0.15, 0.2) is 59.3 Å². The summed E-state index contributed by atoms with van der Waals surface area (Å²) in [6.45, 7) is 6.21. The third-order valence-corrected chi connectivity index (χ3v) is 3.01. The zero-order chi connectivity index (χ0) is 17.4. The Hall–Kier alpha value is -1.31. The minimum absolute atomic E-state index is 0. The second-order valence-electron chi connectivity index (χ2n) is 6.03. The number of hydrogen-bond donors (Lipinski definition) is 1. The number of rotatable bonds is 2. The van der Waals surface area contributed by atoms with Crippen molar-refractivity contribution in [2.75, 3.05) is 5.32 Å². The van der Waals surface area contributed by atoms with E-state index in [0.717, 1.165) is 11.4 Å². The third-order valence-electron chi connectivity index (χ3n) is 3.01. The molecule has 0 fully saturated rings. The maximum absolute atomic E-state index is 11.6. The van der Waals surface area contributed by atoms with Crippen LogP contribution in [0.1, 0.15) is 37.0 Å². The molecule has 2 heterocycles. The van der Waals surface area contributed by atoms with E-state index in [1.54, 1.807) is 54.7 Å². The molecule has 2 aromatic heterocycles. The fraction of sp³-hybridized carbons (Fsp3) is 0.211. The van der Waals surface area contributed by atoms with Gasteiger partial charge in [0.05, 0.1) is 0 Å². The Kier molecular flexibility index (Phi) is 9.24. The van der Waals surface area contributed by atoms with Gasteiger partial charge in [-0.15, -0.1) is 18.3 Å². The van der Waals surface area contributed by atoms with Crippen molar-refractivity contribution >= 4 is 11.6 Å². The fourth-order valence-corrected chi connectivity index (χ4v) is 1.70. The molecule has 0 spiro atoms. The van der Waals surface area contributed by atoms with Gasteiger partial charge < -0.3 is 9.84 Å². The number of nitrogens with zero attached hydrogens (tertiary/aromatic N) is 2. The minimum atomic E-state index is -0.207. The molecule has 1 N–H and O–H groups in total. The predicted molar refractivity (Wildman–Crippen MR) is 91.5 cm³/mol. The summed E-state index contributed by atoms with van der Waals surface area (Å²) >= 11 is 0. The largest absolute Gasteiger partial charge is 1.00 e. The summed E-state index contributed by atoms with van der Waals surface area (Å²) in [7, 11) is 0. The zero-order valence-corrected chi connectivity index (χ0v) is 18.0. The van der Waals surface area contributed by atoms with Crippen LogP contribution in [0.4, 0.5) is 5.69 Å². The SMILES string of the molecule is CC(C)(C)c1c[c-]no1.O=C(Nc1cc[c-]cc1)c1ccccn1.[K+]. The molecular formula is C19H19KN3O2-. The first-order valence-electron chi connectivity index (χ1n) is 7.48. The Morgan fingerprint density at radius 3 is 2.36 bits per heavy atom. The first kappa shape index (κ1) is 21.7. The van der Waals surface area contributed by atoms with Gasteiger partial charge in [0, 0.05) is 6.20 Å². The van der Waals surface area contributed by atoms with E-state index in [2.05, 4.69) is 48.5 Å². The molecule has 0 aliphatic rings. The van der Waals surface area contributed by atoms with Crippen molar-refractivity contribution in [3.05, 3.63) is 78.4 Å². The van der Waals surface area contributed by atoms with E-state index in [1.807, 2.05) is 0 Å². The van der Waals surface area contributed by atoms with Crippen LogP contribution in [0.2, 0.25) is 0 Å². The molecule has 0 unspecified atom stereocenters. The zero-order valence-electron chi connectivity index (χ0n) is 14.9. The summed E-state index contributed by atoms with van der Waals surface area (Å²) < 4.78 is 4.89. The van der Waals surface area contributed by atoms with Crippen molar-refractivity contribution in [2.24, 2.45) is 0 Å². The molecule has 0 saturated heterocycles. The number of hydrogen-bond acceptors (Lipinski definition) is 4. The molecular weight excluding hydrogens is 341 g/mol. The van der Waals surface area contributed by atoms with Crippen molar-refractivity contribution in [1.82, 2.24) is 10.1 Å². The average Bonchev–Trinajstić information content (AvgIpc) is 3.12. The number of nitrogens with one attached hydrogen (secondary N) is 1. The number of benzene rings is 1. The van der Waals surface area contributed by atoms with Crippen molar-refractivity contribution in [3.8, 4) is 0 Å². The van der Waals surface area contributed by atoms with Crippen molar-refractivity contribution in [3.63, 3.8) is 0 Å². The Morgan fingerprint density at radius 2 is 1.88 bits per heavy atom. The summed E-state index contributed by atoms with van der Waals surface area (Å²) in [5, 5.41) is 6.23. The van der Waals surface area contributed by atoms with E-state index in [4.69, 9.17) is 4.52 Å². The number of anilines is 1. The first-order chi connectivity index (χ1) is 11.5. The van der Waals surface area contributed by atoms with Crippen LogP contribution in [-0.4, -0.2) is 16.0 Å². The van der Waals surface area contributed by atoms with Gasteiger partial charge in [0.2, 0.25) is 0 Å². The van der Waals surface area contributed by atoms with Crippen LogP contribution < -0.4 is 56.7 Å². The summed E-state index contributed by atoms with van der Waals surface area (Å²) in [5.74, 6) is 0.671. The molecule has 1 amide bonds. The van der Waals surface area contributed by atoms with Gasteiger partial charge in [-0.05, 0) is 23.3 Å². The van der Waals surface area contributed by atoms with Crippen LogP contribution in [0.25, 0.3) is 0 Å². The number of carbonyl (C=O) groups is 1. The molecule has 0 radical (unpaired) electrons. The molecule has 0 aliphatic heterocycles. The van der Waals surface area contributed by atoms with Crippen molar-refractivity contribution < 1.29 is 60.7 Å². The molecule has 0 saturated carbocycles. The van der Waals surface area contributed by atoms with E-state index >= 15 is 0 Å². The van der Waals surface area contributed by atoms with Gasteiger partial charge in [0.15, 0.2) is 0 Å². The van der Waals surface area contributed by atoms with E-state index in [1.165, 1.54) is 0 Å². The Morgan fingerprint density at radius 1 is 1.16 bits per heavy atom. The second-order valence-corrected chi connectivity index (χ2v) is 6.03. The van der Waals surface area contributed by atoms with Gasteiger partial charge >= 0.3 is 51.4 Å². The summed E-state index contributed by atoms with van der Waals surface area (Å²) in [4.78, 5) is 15.6. The van der Waals surface area contributed by atoms with E-state index in [-0.39, 0.29) is 62.7 Å². The Bertz CT molecular complexity index is 739. The number of aromatic nitrogens is 2. The van der Waals surface area contributed by atoms with Crippen LogP contribution in [0.5, 0.6) is 0 Å². The van der Waals surface area contributed by atoms with Gasteiger partial charge in [-0.2, -0.15) is 24.3 Å². The molecule has 1 aromatic carbocycles. The maximum Gasteiger partial charge on any atom is 1.00 e. The molecule has 3 rings (SSSR count). The Balaban J connectivity index is 0.000000270. The molecule has 3 aromatic rings. The van der Waals surface area contributed by atoms with Gasteiger partial charge in [0.1, 0.15) is 5.69 Å². The quantitative estimate of drug-likeness (QED) is 0.545. The number of carbonyl (C=O) groups excluding carboxylic acids is 1. The van der Waals surface area contributed by atoms with Gasteiger partial charge in [-0.3, -0.25) is 9.78 Å². The first-order valence-corrected chi connectivity index (χ1v) is 7.48. The summed E-state index contributed by atoms with van der Waals surface area (Å²) in [5.41, 5.74) is 1.21. The molecule has 124 valence electrons. The molecule has 0 aliphatic carbocycles. The van der Waals surface area contributed by atoms with E-state index < -0.39 is 0 Å². The topological polar surface area (TPSA) is 68.0 Å². The molecule has 6 heteroatoms. The van der Waals surface area contributed by atoms with Gasteiger partial charge in [-0.1, -0.05) is 32.5 Å². The smallest absolute Gasteiger partial charge is 0.470 e. The Labute approximate surface area is 190 Å². The van der Waals surface area contributed by atoms with E-state index in [9.17, 15) is 4.79 Å². The van der Waals surface area contributed by atoms with Gasteiger partial charge in [-0.25, -0.2) is 5.16 Å². The van der Waals surface area contributed by atoms with Crippen LogP contribution in [0.3, 0.4) is 0 Å². The van der Waals surface area contributed by atoms with Crippen LogP contribution >= 0.6 is 0 Å². The van der Waals surface area contributed by atoms with Crippen LogP contribution in [0, 0.1) is 12.3 Å². The standard InChI is InChI=1S/C12H9N2O.C7H10NO.K/c15-12(11-8-4-5-9-13-11)14-10-6-2-1-3-7-10;1-7(2,3)6-4-5-8-9-6;/h2-9H,(H,14,15);4H,1-3H3;/q2*-1;+1. The summed E-state index contributed by atoms with van der Waals surface area (Å²) in [6.07, 6.45) is 4.21. The molecule has 5 nitrogen and oxygen atoms in total. The molecule has 0 atom stereocenters. The maximum atomic E-state index is 11.6. The molecule has 25 heavy (non-hydrogen) atoms. The number of pyridine rings is 1. The van der Waals surface area contributed by atoms with Crippen molar-refractivity contribution in [2.45, 2.75) is 26.2 Å². The molecule has 0 bridgehead atoms. The second kappa shape index (κ2) is 10.6. The van der Waals surface area contributed by atoms with E-state index in [0.29, 0.717) is 5.69 Å². The third kappa shape index (κ3) is 7.62.